The van der Waals surface area contributed by atoms with E-state index in [1.165, 1.54) is 0 Å². The molecule has 0 radical (unpaired) electrons. The van der Waals surface area contributed by atoms with Gasteiger partial charge < -0.3 is 9.47 Å². The van der Waals surface area contributed by atoms with Crippen molar-refractivity contribution in [2.24, 2.45) is 0 Å². The van der Waals surface area contributed by atoms with Crippen molar-refractivity contribution in [2.75, 3.05) is 26.2 Å². The number of likely N-dealkylation sites (tertiary alicyclic amines) is 1. The van der Waals surface area contributed by atoms with Crippen LogP contribution < -0.4 is 9.47 Å². The minimum Gasteiger partial charge on any atom is -0.492 e. The third kappa shape index (κ3) is 5.14. The number of piperidine rings is 1. The van der Waals surface area contributed by atoms with Crippen LogP contribution in [-0.2, 0) is 0 Å². The minimum absolute atomic E-state index is 0.141. The average Bonchev–Trinajstić information content (AvgIpc) is 2.66. The van der Waals surface area contributed by atoms with Gasteiger partial charge in [0.1, 0.15) is 23.7 Å². The first-order chi connectivity index (χ1) is 12.6. The molecular weight excluding hydrogens is 348 g/mol. The second kappa shape index (κ2) is 8.44. The molecule has 0 N–H and O–H groups in total. The molecule has 1 fully saturated rings. The molecular formula is C21H23ClN2O2. The van der Waals surface area contributed by atoms with Crippen molar-refractivity contribution in [3.05, 3.63) is 59.1 Å². The van der Waals surface area contributed by atoms with Crippen LogP contribution in [-0.4, -0.2) is 36.7 Å². The van der Waals surface area contributed by atoms with Crippen molar-refractivity contribution in [1.82, 2.24) is 4.90 Å². The standard InChI is InChI=1S/C21H23ClN2O2/c1-21(26-20-8-4-18(22)5-9-20)10-12-24(13-11-21)14-15-25-19-6-2-17(16-23)3-7-19/h2-9H,10-15H2,1H3. The summed E-state index contributed by atoms with van der Waals surface area (Å²) >= 11 is 5.93. The van der Waals surface area contributed by atoms with Gasteiger partial charge in [-0.05, 0) is 68.3 Å². The van der Waals surface area contributed by atoms with Gasteiger partial charge in [0.25, 0.3) is 0 Å². The largest absolute Gasteiger partial charge is 0.492 e. The smallest absolute Gasteiger partial charge is 0.120 e. The van der Waals surface area contributed by atoms with E-state index in [0.29, 0.717) is 12.2 Å². The SMILES string of the molecule is CC1(Oc2ccc(Cl)cc2)CCN(CCOc2ccc(C#N)cc2)CC1. The number of hydrogen-bond acceptors (Lipinski definition) is 4. The Bertz CT molecular complexity index is 745. The summed E-state index contributed by atoms with van der Waals surface area (Å²) in [7, 11) is 0. The first kappa shape index (κ1) is 18.6. The van der Waals surface area contributed by atoms with E-state index in [1.807, 2.05) is 36.4 Å². The Labute approximate surface area is 159 Å². The molecule has 0 atom stereocenters. The molecule has 26 heavy (non-hydrogen) atoms. The number of ether oxygens (including phenoxy) is 2. The average molecular weight is 371 g/mol. The van der Waals surface area contributed by atoms with Crippen LogP contribution in [0, 0.1) is 11.3 Å². The summed E-state index contributed by atoms with van der Waals surface area (Å²) in [6.45, 7) is 5.67. The number of hydrogen-bond donors (Lipinski definition) is 0. The van der Waals surface area contributed by atoms with Crippen LogP contribution in [0.15, 0.2) is 48.5 Å². The highest BCUT2D eigenvalue weighted by molar-refractivity contribution is 6.30. The Morgan fingerprint density at radius 3 is 2.27 bits per heavy atom. The third-order valence-corrected chi connectivity index (χ3v) is 5.00. The zero-order valence-electron chi connectivity index (χ0n) is 15.0. The van der Waals surface area contributed by atoms with Crippen molar-refractivity contribution < 1.29 is 9.47 Å². The Hall–Kier alpha value is -2.22. The van der Waals surface area contributed by atoms with Crippen molar-refractivity contribution >= 4 is 11.6 Å². The summed E-state index contributed by atoms with van der Waals surface area (Å²) in [6.07, 6.45) is 1.96. The van der Waals surface area contributed by atoms with Crippen molar-refractivity contribution in [2.45, 2.75) is 25.4 Å². The summed E-state index contributed by atoms with van der Waals surface area (Å²) in [6, 6.07) is 16.9. The monoisotopic (exact) mass is 370 g/mol. The van der Waals surface area contributed by atoms with Gasteiger partial charge in [0, 0.05) is 24.7 Å². The van der Waals surface area contributed by atoms with Crippen LogP contribution in [0.25, 0.3) is 0 Å². The molecule has 5 heteroatoms. The Morgan fingerprint density at radius 1 is 1.04 bits per heavy atom. The predicted molar refractivity (Wildman–Crippen MR) is 103 cm³/mol. The molecule has 0 aromatic heterocycles. The number of benzene rings is 2. The molecule has 3 rings (SSSR count). The lowest BCUT2D eigenvalue weighted by Gasteiger charge is -2.39. The molecule has 2 aromatic rings. The van der Waals surface area contributed by atoms with Crippen LogP contribution in [0.4, 0.5) is 0 Å². The first-order valence-electron chi connectivity index (χ1n) is 8.86. The van der Waals surface area contributed by atoms with E-state index in [-0.39, 0.29) is 5.60 Å². The highest BCUT2D eigenvalue weighted by Gasteiger charge is 2.31. The van der Waals surface area contributed by atoms with Crippen molar-refractivity contribution in [3.63, 3.8) is 0 Å². The molecule has 0 aliphatic carbocycles. The third-order valence-electron chi connectivity index (χ3n) is 4.75. The molecule has 1 aliphatic heterocycles. The highest BCUT2D eigenvalue weighted by atomic mass is 35.5. The van der Waals surface area contributed by atoms with Gasteiger partial charge in [-0.25, -0.2) is 0 Å². The molecule has 0 amide bonds. The molecule has 0 saturated carbocycles. The van der Waals surface area contributed by atoms with Gasteiger partial charge in [-0.3, -0.25) is 4.90 Å². The fourth-order valence-corrected chi connectivity index (χ4v) is 3.18. The van der Waals surface area contributed by atoms with Gasteiger partial charge in [-0.2, -0.15) is 5.26 Å². The van der Waals surface area contributed by atoms with Gasteiger partial charge in [0.05, 0.1) is 11.6 Å². The van der Waals surface area contributed by atoms with Gasteiger partial charge >= 0.3 is 0 Å². The van der Waals surface area contributed by atoms with Gasteiger partial charge in [0.15, 0.2) is 0 Å². The molecule has 1 heterocycles. The molecule has 0 spiro atoms. The second-order valence-corrected chi connectivity index (χ2v) is 7.27. The zero-order valence-corrected chi connectivity index (χ0v) is 15.7. The fraction of sp³-hybridized carbons (Fsp3) is 0.381. The maximum atomic E-state index is 8.81. The van der Waals surface area contributed by atoms with Crippen LogP contribution in [0.3, 0.4) is 0 Å². The Morgan fingerprint density at radius 2 is 1.65 bits per heavy atom. The van der Waals surface area contributed by atoms with E-state index in [1.54, 1.807) is 12.1 Å². The maximum Gasteiger partial charge on any atom is 0.120 e. The number of nitrogens with zero attached hydrogens (tertiary/aromatic N) is 2. The highest BCUT2D eigenvalue weighted by Crippen LogP contribution is 2.29. The second-order valence-electron chi connectivity index (χ2n) is 6.83. The summed E-state index contributed by atoms with van der Waals surface area (Å²) in [5.41, 5.74) is 0.506. The Kier molecular flexibility index (Phi) is 6.03. The van der Waals surface area contributed by atoms with E-state index in [2.05, 4.69) is 17.9 Å². The van der Waals surface area contributed by atoms with Crippen molar-refractivity contribution in [1.29, 1.82) is 5.26 Å². The quantitative estimate of drug-likeness (QED) is 0.749. The molecule has 4 nitrogen and oxygen atoms in total. The summed E-state index contributed by atoms with van der Waals surface area (Å²) in [5.74, 6) is 1.67. The lowest BCUT2D eigenvalue weighted by molar-refractivity contribution is 0.0135. The predicted octanol–water partition coefficient (Wildman–Crippen LogP) is 4.52. The molecule has 1 aliphatic rings. The van der Waals surface area contributed by atoms with Gasteiger partial charge in [-0.1, -0.05) is 11.6 Å². The van der Waals surface area contributed by atoms with Crippen molar-refractivity contribution in [3.8, 4) is 17.6 Å². The molecule has 136 valence electrons. The lowest BCUT2D eigenvalue weighted by Crippen LogP contribution is -2.47. The van der Waals surface area contributed by atoms with E-state index in [0.717, 1.165) is 49.0 Å². The van der Waals surface area contributed by atoms with Crippen LogP contribution >= 0.6 is 11.6 Å². The zero-order chi connectivity index (χ0) is 18.4. The number of nitriles is 1. The summed E-state index contributed by atoms with van der Waals surface area (Å²) in [4.78, 5) is 2.40. The van der Waals surface area contributed by atoms with Crippen LogP contribution in [0.5, 0.6) is 11.5 Å². The normalized spacial score (nSPS) is 16.7. The van der Waals surface area contributed by atoms with Crippen LogP contribution in [0.2, 0.25) is 5.02 Å². The fourth-order valence-electron chi connectivity index (χ4n) is 3.06. The minimum atomic E-state index is -0.141. The van der Waals surface area contributed by atoms with E-state index >= 15 is 0 Å². The van der Waals surface area contributed by atoms with Gasteiger partial charge in [-0.15, -0.1) is 0 Å². The maximum absolute atomic E-state index is 8.81. The van der Waals surface area contributed by atoms with E-state index in [4.69, 9.17) is 26.3 Å². The molecule has 1 saturated heterocycles. The Balaban J connectivity index is 1.41. The number of halogens is 1. The van der Waals surface area contributed by atoms with E-state index < -0.39 is 0 Å². The molecule has 0 bridgehead atoms. The topological polar surface area (TPSA) is 45.5 Å². The first-order valence-corrected chi connectivity index (χ1v) is 9.24. The summed E-state index contributed by atoms with van der Waals surface area (Å²) in [5, 5.41) is 9.53. The molecule has 2 aromatic carbocycles. The molecule has 0 unspecified atom stereocenters. The number of rotatable bonds is 6. The van der Waals surface area contributed by atoms with Gasteiger partial charge in [0.2, 0.25) is 0 Å². The van der Waals surface area contributed by atoms with Crippen LogP contribution in [0.1, 0.15) is 25.3 Å². The lowest BCUT2D eigenvalue weighted by atomic mass is 9.93. The summed E-state index contributed by atoms with van der Waals surface area (Å²) < 4.78 is 12.0. The van der Waals surface area contributed by atoms with E-state index in [9.17, 15) is 0 Å².